The van der Waals surface area contributed by atoms with Crippen molar-refractivity contribution >= 4 is 29.6 Å². The molecule has 0 aromatic heterocycles. The van der Waals surface area contributed by atoms with Crippen molar-refractivity contribution in [2.45, 2.75) is 45.2 Å². The lowest BCUT2D eigenvalue weighted by molar-refractivity contribution is -0.925. The number of piperidine rings is 1. The number of carbonyl (C=O) groups is 3. The second-order valence-electron chi connectivity index (χ2n) is 8.27. The Balaban J connectivity index is 2.57. The fourth-order valence-corrected chi connectivity index (χ4v) is 4.17. The van der Waals surface area contributed by atoms with Gasteiger partial charge in [-0.2, -0.15) is 4.79 Å². The Morgan fingerprint density at radius 1 is 1.17 bits per heavy atom. The van der Waals surface area contributed by atoms with E-state index in [-0.39, 0.29) is 12.1 Å². The lowest BCUT2D eigenvalue weighted by Gasteiger charge is -2.50. The molecule has 1 saturated heterocycles. The van der Waals surface area contributed by atoms with Crippen LogP contribution in [0.1, 0.15) is 49.5 Å². The Morgan fingerprint density at radius 3 is 2.37 bits per heavy atom. The maximum absolute atomic E-state index is 12.5. The number of halogens is 1. The third-order valence-corrected chi connectivity index (χ3v) is 5.90. The Morgan fingerprint density at radius 2 is 1.83 bits per heavy atom. The van der Waals surface area contributed by atoms with Crippen molar-refractivity contribution in [2.24, 2.45) is 5.92 Å². The van der Waals surface area contributed by atoms with Crippen LogP contribution in [0, 0.1) is 17.8 Å². The summed E-state index contributed by atoms with van der Waals surface area (Å²) < 4.78 is 9.25. The first kappa shape index (κ1) is 23.7. The van der Waals surface area contributed by atoms with Gasteiger partial charge in [-0.05, 0) is 51.3 Å². The summed E-state index contributed by atoms with van der Waals surface area (Å²) in [6.07, 6.45) is -0.200. The minimum absolute atomic E-state index is 0.0737. The van der Waals surface area contributed by atoms with Gasteiger partial charge in [-0.15, -0.1) is 0 Å². The highest BCUT2D eigenvalue weighted by molar-refractivity contribution is 6.30. The lowest BCUT2D eigenvalue weighted by Crippen LogP contribution is -2.71. The zero-order valence-electron chi connectivity index (χ0n) is 17.8. The van der Waals surface area contributed by atoms with E-state index < -0.39 is 40.0 Å². The molecular weight excluding hydrogens is 410 g/mol. The zero-order chi connectivity index (χ0) is 22.7. The van der Waals surface area contributed by atoms with Crippen LogP contribution < -0.4 is 0 Å². The number of quaternary nitrogens is 1. The molecule has 1 aliphatic heterocycles. The summed E-state index contributed by atoms with van der Waals surface area (Å²) >= 11 is 6.07. The number of benzene rings is 1. The number of nitrogens with zero attached hydrogens (tertiary/aromatic N) is 1. The monoisotopic (exact) mass is 436 g/mol. The zero-order valence-corrected chi connectivity index (χ0v) is 18.6. The summed E-state index contributed by atoms with van der Waals surface area (Å²) in [4.78, 5) is 36.7. The van der Waals surface area contributed by atoms with Crippen molar-refractivity contribution in [1.82, 2.24) is 0 Å². The van der Waals surface area contributed by atoms with Gasteiger partial charge in [-0.3, -0.25) is 4.79 Å². The summed E-state index contributed by atoms with van der Waals surface area (Å²) in [5, 5.41) is 10.6. The third-order valence-electron chi connectivity index (χ3n) is 5.66. The smallest absolute Gasteiger partial charge is 0.469 e. The van der Waals surface area contributed by atoms with Gasteiger partial charge in [0.15, 0.2) is 6.04 Å². The topological polar surface area (TPSA) is 89.9 Å². The quantitative estimate of drug-likeness (QED) is 0.431. The van der Waals surface area contributed by atoms with Gasteiger partial charge in [0.25, 0.3) is 0 Å². The molecule has 8 heteroatoms. The second kappa shape index (κ2) is 9.07. The van der Waals surface area contributed by atoms with Crippen LogP contribution in [0.5, 0.6) is 0 Å². The summed E-state index contributed by atoms with van der Waals surface area (Å²) in [6.45, 7) is 5.52. The average molecular weight is 437 g/mol. The van der Waals surface area contributed by atoms with Gasteiger partial charge in [0.05, 0.1) is 19.8 Å². The molecule has 3 unspecified atom stereocenters. The Hall–Kier alpha value is -2.56. The Labute approximate surface area is 181 Å². The molecular formula is C22H27ClNO6+. The van der Waals surface area contributed by atoms with E-state index in [4.69, 9.17) is 21.1 Å². The molecule has 1 N–H and O–H groups in total. The number of methoxy groups -OCH3 is 2. The highest BCUT2D eigenvalue weighted by Crippen LogP contribution is 2.38. The number of esters is 2. The Bertz CT molecular complexity index is 910. The van der Waals surface area contributed by atoms with Crippen LogP contribution in [-0.2, 0) is 14.3 Å². The van der Waals surface area contributed by atoms with E-state index in [0.29, 0.717) is 23.4 Å². The van der Waals surface area contributed by atoms with E-state index in [1.54, 1.807) is 12.1 Å². The number of carbonyl (C=O) groups excluding carboxylic acids is 2. The first-order valence-corrected chi connectivity index (χ1v) is 9.94. The SMILES string of the molecule is COC(=O)c1ccc(Cl)cc1C#CC1CCC(C(=O)OC)C[N+]1(C(=O)O)C(C)(C)C. The first-order valence-electron chi connectivity index (χ1n) is 9.56. The highest BCUT2D eigenvalue weighted by atomic mass is 35.5. The van der Waals surface area contributed by atoms with E-state index in [0.717, 1.165) is 0 Å². The van der Waals surface area contributed by atoms with Crippen molar-refractivity contribution in [3.8, 4) is 11.8 Å². The molecule has 1 heterocycles. The third kappa shape index (κ3) is 4.45. The number of carboxylic acid groups (broad SMARTS) is 1. The van der Waals surface area contributed by atoms with Crippen molar-refractivity contribution in [3.63, 3.8) is 0 Å². The molecule has 0 bridgehead atoms. The van der Waals surface area contributed by atoms with Crippen molar-refractivity contribution in [3.05, 3.63) is 34.3 Å². The minimum atomic E-state index is -1.06. The second-order valence-corrected chi connectivity index (χ2v) is 8.71. The van der Waals surface area contributed by atoms with E-state index in [1.165, 1.54) is 20.3 Å². The van der Waals surface area contributed by atoms with Crippen molar-refractivity contribution < 1.29 is 33.4 Å². The molecule has 30 heavy (non-hydrogen) atoms. The maximum atomic E-state index is 12.5. The summed E-state index contributed by atoms with van der Waals surface area (Å²) in [7, 11) is 2.57. The number of hydrogen-bond acceptors (Lipinski definition) is 5. The highest BCUT2D eigenvalue weighted by Gasteiger charge is 2.57. The molecule has 0 saturated carbocycles. The van der Waals surface area contributed by atoms with Crippen LogP contribution in [0.25, 0.3) is 0 Å². The van der Waals surface area contributed by atoms with E-state index >= 15 is 0 Å². The van der Waals surface area contributed by atoms with Crippen LogP contribution >= 0.6 is 11.6 Å². The largest absolute Gasteiger partial charge is 0.515 e. The van der Waals surface area contributed by atoms with E-state index in [1.807, 2.05) is 20.8 Å². The number of likely N-dealkylation sites (tertiary alicyclic amines) is 1. The molecule has 2 rings (SSSR count). The molecule has 3 atom stereocenters. The van der Waals surface area contributed by atoms with Gasteiger partial charge >= 0.3 is 18.0 Å². The summed E-state index contributed by atoms with van der Waals surface area (Å²) in [6, 6.07) is 4.05. The standard InChI is InChI=1S/C22H26ClNO6/c1-22(2,3)24(21(27)28)13-15(19(25)29-4)7-10-17(24)9-6-14-12-16(23)8-11-18(14)20(26)30-5/h8,11-12,15,17H,7,10,13H2,1-5H3/p+1. The van der Waals surface area contributed by atoms with E-state index in [9.17, 15) is 19.5 Å². The van der Waals surface area contributed by atoms with Gasteiger partial charge in [-0.25, -0.2) is 9.28 Å². The van der Waals surface area contributed by atoms with Gasteiger partial charge in [0.1, 0.15) is 18.0 Å². The number of amides is 1. The van der Waals surface area contributed by atoms with Gasteiger partial charge < -0.3 is 14.6 Å². The molecule has 0 spiro atoms. The molecule has 1 amide bonds. The molecule has 7 nitrogen and oxygen atoms in total. The maximum Gasteiger partial charge on any atom is 0.515 e. The summed E-state index contributed by atoms with van der Waals surface area (Å²) in [5.74, 6) is 4.51. The van der Waals surface area contributed by atoms with E-state index in [2.05, 4.69) is 11.8 Å². The fraction of sp³-hybridized carbons (Fsp3) is 0.500. The van der Waals surface area contributed by atoms with Crippen LogP contribution in [0.4, 0.5) is 4.79 Å². The van der Waals surface area contributed by atoms with Gasteiger partial charge in [0.2, 0.25) is 0 Å². The van der Waals surface area contributed by atoms with Crippen LogP contribution in [0.15, 0.2) is 18.2 Å². The lowest BCUT2D eigenvalue weighted by atomic mass is 9.84. The predicted molar refractivity (Wildman–Crippen MR) is 111 cm³/mol. The molecule has 1 fully saturated rings. The predicted octanol–water partition coefficient (Wildman–Crippen LogP) is 3.72. The number of rotatable bonds is 2. The van der Waals surface area contributed by atoms with Crippen LogP contribution in [-0.4, -0.2) is 60.0 Å². The first-order chi connectivity index (χ1) is 14.0. The molecule has 162 valence electrons. The number of hydrogen-bond donors (Lipinski definition) is 1. The normalized spacial score (nSPS) is 23.7. The molecule has 0 radical (unpaired) electrons. The Kier molecular flexibility index (Phi) is 7.17. The molecule has 0 aliphatic carbocycles. The molecule has 1 aliphatic rings. The fourth-order valence-electron chi connectivity index (χ4n) is 4.00. The molecule has 1 aromatic carbocycles. The van der Waals surface area contributed by atoms with Crippen LogP contribution in [0.2, 0.25) is 5.02 Å². The van der Waals surface area contributed by atoms with Crippen molar-refractivity contribution in [1.29, 1.82) is 0 Å². The van der Waals surface area contributed by atoms with Gasteiger partial charge in [0, 0.05) is 17.0 Å². The average Bonchev–Trinajstić information content (AvgIpc) is 2.69. The van der Waals surface area contributed by atoms with Gasteiger partial charge in [-0.1, -0.05) is 17.5 Å². The molecule has 1 aromatic rings. The number of ether oxygens (including phenoxy) is 2. The van der Waals surface area contributed by atoms with Crippen LogP contribution in [0.3, 0.4) is 0 Å². The summed E-state index contributed by atoms with van der Waals surface area (Å²) in [5.41, 5.74) is -0.124. The minimum Gasteiger partial charge on any atom is -0.469 e. The van der Waals surface area contributed by atoms with Crippen molar-refractivity contribution in [2.75, 3.05) is 20.8 Å².